The van der Waals surface area contributed by atoms with Crippen molar-refractivity contribution in [3.63, 3.8) is 0 Å². The van der Waals surface area contributed by atoms with E-state index in [0.717, 1.165) is 0 Å². The largest absolute Gasteiger partial charge is 0.373 e. The zero-order valence-corrected chi connectivity index (χ0v) is 19.0. The van der Waals surface area contributed by atoms with E-state index >= 15 is 0 Å². The molecule has 1 atom stereocenters. The van der Waals surface area contributed by atoms with E-state index in [1.807, 2.05) is 13.8 Å². The van der Waals surface area contributed by atoms with E-state index in [1.54, 1.807) is 34.1 Å². The van der Waals surface area contributed by atoms with Gasteiger partial charge in [0.15, 0.2) is 0 Å². The number of ether oxygens (including phenoxy) is 1. The summed E-state index contributed by atoms with van der Waals surface area (Å²) in [6.07, 6.45) is -0.350. The van der Waals surface area contributed by atoms with Crippen molar-refractivity contribution in [2.75, 3.05) is 32.8 Å². The minimum Gasteiger partial charge on any atom is -0.373 e. The van der Waals surface area contributed by atoms with Crippen LogP contribution in [0.4, 0.5) is 4.39 Å². The second kappa shape index (κ2) is 10.4. The van der Waals surface area contributed by atoms with Crippen LogP contribution in [0.3, 0.4) is 0 Å². The molecule has 2 aromatic carbocycles. The number of halogens is 3. The summed E-state index contributed by atoms with van der Waals surface area (Å²) in [7, 11) is 0. The lowest BCUT2D eigenvalue weighted by molar-refractivity contribution is -0.0340. The number of carbonyl (C=O) groups excluding carboxylic acids is 2. The maximum atomic E-state index is 13.6. The van der Waals surface area contributed by atoms with E-state index in [1.165, 1.54) is 18.2 Å². The van der Waals surface area contributed by atoms with Crippen molar-refractivity contribution >= 4 is 35.0 Å². The molecule has 1 heterocycles. The van der Waals surface area contributed by atoms with Crippen molar-refractivity contribution in [2.45, 2.75) is 20.0 Å². The first-order valence-electron chi connectivity index (χ1n) is 10.2. The molecule has 31 heavy (non-hydrogen) atoms. The smallest absolute Gasteiger partial charge is 0.254 e. The third kappa shape index (κ3) is 6.19. The van der Waals surface area contributed by atoms with Crippen LogP contribution in [0.25, 0.3) is 0 Å². The first kappa shape index (κ1) is 23.5. The highest BCUT2D eigenvalue weighted by molar-refractivity contribution is 6.42. The number of benzene rings is 2. The van der Waals surface area contributed by atoms with Gasteiger partial charge in [0.05, 0.1) is 22.8 Å². The molecule has 0 spiro atoms. The molecular formula is C23H25Cl2FN2O3. The number of nitrogens with zero attached hydrogens (tertiary/aromatic N) is 2. The molecule has 3 rings (SSSR count). The van der Waals surface area contributed by atoms with E-state index in [4.69, 9.17) is 27.9 Å². The molecule has 0 aromatic heterocycles. The molecule has 0 saturated carbocycles. The molecule has 2 aromatic rings. The number of morpholine rings is 1. The Morgan fingerprint density at radius 2 is 1.94 bits per heavy atom. The second-order valence-corrected chi connectivity index (χ2v) is 8.80. The van der Waals surface area contributed by atoms with Gasteiger partial charge < -0.3 is 14.5 Å². The molecule has 5 nitrogen and oxygen atoms in total. The molecule has 2 amide bonds. The minimum absolute atomic E-state index is 0.168. The van der Waals surface area contributed by atoms with Gasteiger partial charge in [-0.3, -0.25) is 9.59 Å². The van der Waals surface area contributed by atoms with Gasteiger partial charge in [-0.05, 0) is 42.3 Å². The summed E-state index contributed by atoms with van der Waals surface area (Å²) in [5, 5.41) is 0.708. The maximum absolute atomic E-state index is 13.6. The van der Waals surface area contributed by atoms with Gasteiger partial charge in [-0.2, -0.15) is 0 Å². The van der Waals surface area contributed by atoms with Crippen molar-refractivity contribution in [3.8, 4) is 0 Å². The van der Waals surface area contributed by atoms with Gasteiger partial charge in [-0.25, -0.2) is 4.39 Å². The number of carbonyl (C=O) groups is 2. The highest BCUT2D eigenvalue weighted by Gasteiger charge is 2.29. The van der Waals surface area contributed by atoms with Crippen LogP contribution in [0.15, 0.2) is 42.5 Å². The summed E-state index contributed by atoms with van der Waals surface area (Å²) < 4.78 is 19.5. The van der Waals surface area contributed by atoms with Gasteiger partial charge in [-0.1, -0.05) is 43.1 Å². The average Bonchev–Trinajstić information content (AvgIpc) is 2.74. The normalized spacial score (nSPS) is 16.5. The fourth-order valence-electron chi connectivity index (χ4n) is 3.56. The topological polar surface area (TPSA) is 49.9 Å². The Labute approximate surface area is 191 Å². The van der Waals surface area contributed by atoms with Crippen molar-refractivity contribution in [2.24, 2.45) is 5.92 Å². The third-order valence-corrected chi connectivity index (χ3v) is 5.70. The summed E-state index contributed by atoms with van der Waals surface area (Å²) in [5.74, 6) is -0.666. The molecule has 0 bridgehead atoms. The maximum Gasteiger partial charge on any atom is 0.254 e. The van der Waals surface area contributed by atoms with Crippen LogP contribution in [0, 0.1) is 11.7 Å². The standard InChI is InChI=1S/C23H25Cl2FN2O3/c1-15(2)12-28(23(30)16-4-3-5-18(26)10-16)14-19-13-27(8-9-31-19)22(29)17-6-7-20(24)21(25)11-17/h3-7,10-11,15,19H,8-9,12-14H2,1-2H3/t19-/m1/s1. The summed E-state index contributed by atoms with van der Waals surface area (Å²) in [6, 6.07) is 10.4. The van der Waals surface area contributed by atoms with Crippen LogP contribution >= 0.6 is 23.2 Å². The second-order valence-electron chi connectivity index (χ2n) is 7.99. The molecule has 1 aliphatic rings. The SMILES string of the molecule is CC(C)CN(C[C@H]1CN(C(=O)c2ccc(Cl)c(Cl)c2)CCO1)C(=O)c1cccc(F)c1. The van der Waals surface area contributed by atoms with Crippen LogP contribution in [0.2, 0.25) is 10.0 Å². The van der Waals surface area contributed by atoms with Gasteiger partial charge in [0.1, 0.15) is 5.82 Å². The lowest BCUT2D eigenvalue weighted by atomic mass is 10.1. The molecule has 1 fully saturated rings. The Bertz CT molecular complexity index is 954. The Morgan fingerprint density at radius 1 is 1.16 bits per heavy atom. The Hall–Kier alpha value is -2.15. The van der Waals surface area contributed by atoms with Crippen LogP contribution < -0.4 is 0 Å². The summed E-state index contributed by atoms with van der Waals surface area (Å²) in [5.41, 5.74) is 0.741. The van der Waals surface area contributed by atoms with Crippen LogP contribution in [-0.2, 0) is 4.74 Å². The lowest BCUT2D eigenvalue weighted by Gasteiger charge is -2.36. The molecule has 166 valence electrons. The Balaban J connectivity index is 1.71. The molecule has 1 aliphatic heterocycles. The van der Waals surface area contributed by atoms with Crippen molar-refractivity contribution in [1.82, 2.24) is 9.80 Å². The molecular weight excluding hydrogens is 442 g/mol. The number of amides is 2. The first-order chi connectivity index (χ1) is 14.7. The van der Waals surface area contributed by atoms with Crippen LogP contribution in [-0.4, -0.2) is 60.5 Å². The fraction of sp³-hybridized carbons (Fsp3) is 0.391. The van der Waals surface area contributed by atoms with Crippen LogP contribution in [0.1, 0.15) is 34.6 Å². The Kier molecular flexibility index (Phi) is 7.92. The van der Waals surface area contributed by atoms with Gasteiger partial charge in [0, 0.05) is 37.3 Å². The molecule has 0 N–H and O–H groups in total. The van der Waals surface area contributed by atoms with E-state index < -0.39 is 5.82 Å². The first-order valence-corrected chi connectivity index (χ1v) is 10.9. The molecule has 8 heteroatoms. The minimum atomic E-state index is -0.456. The molecule has 0 radical (unpaired) electrons. The quantitative estimate of drug-likeness (QED) is 0.615. The summed E-state index contributed by atoms with van der Waals surface area (Å²) in [6.45, 7) is 5.96. The van der Waals surface area contributed by atoms with Gasteiger partial charge in [-0.15, -0.1) is 0 Å². The van der Waals surface area contributed by atoms with Crippen molar-refractivity contribution < 1.29 is 18.7 Å². The van der Waals surface area contributed by atoms with E-state index in [9.17, 15) is 14.0 Å². The highest BCUT2D eigenvalue weighted by atomic mass is 35.5. The molecule has 1 saturated heterocycles. The highest BCUT2D eigenvalue weighted by Crippen LogP contribution is 2.24. The lowest BCUT2D eigenvalue weighted by Crippen LogP contribution is -2.51. The molecule has 0 aliphatic carbocycles. The van der Waals surface area contributed by atoms with E-state index in [-0.39, 0.29) is 23.8 Å². The zero-order chi connectivity index (χ0) is 22.5. The van der Waals surface area contributed by atoms with E-state index in [2.05, 4.69) is 0 Å². The monoisotopic (exact) mass is 466 g/mol. The van der Waals surface area contributed by atoms with Gasteiger partial charge in [0.25, 0.3) is 11.8 Å². The number of hydrogen-bond acceptors (Lipinski definition) is 3. The van der Waals surface area contributed by atoms with Crippen LogP contribution in [0.5, 0.6) is 0 Å². The Morgan fingerprint density at radius 3 is 2.61 bits per heavy atom. The third-order valence-electron chi connectivity index (χ3n) is 4.96. The molecule has 0 unspecified atom stereocenters. The van der Waals surface area contributed by atoms with E-state index in [0.29, 0.717) is 54.0 Å². The predicted octanol–water partition coefficient (Wildman–Crippen LogP) is 4.77. The van der Waals surface area contributed by atoms with Crippen molar-refractivity contribution in [3.05, 3.63) is 69.5 Å². The fourth-order valence-corrected chi connectivity index (χ4v) is 3.86. The van der Waals surface area contributed by atoms with Crippen molar-refractivity contribution in [1.29, 1.82) is 0 Å². The summed E-state index contributed by atoms with van der Waals surface area (Å²) >= 11 is 12.0. The van der Waals surface area contributed by atoms with Gasteiger partial charge in [0.2, 0.25) is 0 Å². The number of hydrogen-bond donors (Lipinski definition) is 0. The predicted molar refractivity (Wildman–Crippen MR) is 119 cm³/mol. The number of rotatable bonds is 6. The summed E-state index contributed by atoms with van der Waals surface area (Å²) in [4.78, 5) is 29.3. The van der Waals surface area contributed by atoms with Gasteiger partial charge >= 0.3 is 0 Å². The zero-order valence-electron chi connectivity index (χ0n) is 17.5. The average molecular weight is 467 g/mol.